The van der Waals surface area contributed by atoms with Crippen molar-refractivity contribution in [3.63, 3.8) is 0 Å². The third-order valence-electron chi connectivity index (χ3n) is 10.1. The highest BCUT2D eigenvalue weighted by atomic mass is 16.8. The van der Waals surface area contributed by atoms with Gasteiger partial charge >= 0.3 is 0 Å². The average molecular weight is 618 g/mol. The number of aromatic nitrogens is 6. The van der Waals surface area contributed by atoms with E-state index >= 15 is 0 Å². The van der Waals surface area contributed by atoms with Crippen LogP contribution < -0.4 is 5.56 Å². The van der Waals surface area contributed by atoms with Gasteiger partial charge in [-0.2, -0.15) is 10.3 Å². The van der Waals surface area contributed by atoms with Gasteiger partial charge in [0.05, 0.1) is 23.6 Å². The molecule has 8 rings (SSSR count). The molecule has 0 radical (unpaired) electrons. The molecule has 3 aliphatic heterocycles. The summed E-state index contributed by atoms with van der Waals surface area (Å²) in [4.78, 5) is 25.5. The highest BCUT2D eigenvalue weighted by Crippen LogP contribution is 2.52. The Balaban J connectivity index is 1.08. The number of nitrogens with zero attached hydrogens (tertiary/aromatic N) is 6. The van der Waals surface area contributed by atoms with Crippen molar-refractivity contribution in [3.05, 3.63) is 94.0 Å². The number of tetrazole rings is 1. The summed E-state index contributed by atoms with van der Waals surface area (Å²) in [6.07, 6.45) is 5.58. The lowest BCUT2D eigenvalue weighted by molar-refractivity contribution is -0.266. The predicted molar refractivity (Wildman–Crippen MR) is 175 cm³/mol. The van der Waals surface area contributed by atoms with Gasteiger partial charge < -0.3 is 4.74 Å². The van der Waals surface area contributed by atoms with Gasteiger partial charge in [-0.25, -0.2) is 4.98 Å². The Kier molecular flexibility index (Phi) is 7.31. The quantitative estimate of drug-likeness (QED) is 0.218. The van der Waals surface area contributed by atoms with Crippen molar-refractivity contribution in [2.75, 3.05) is 0 Å². The predicted octanol–water partition coefficient (Wildman–Crippen LogP) is 6.23. The molecule has 0 aliphatic carbocycles. The molecule has 0 spiro atoms. The maximum atomic E-state index is 14.2. The Morgan fingerprint density at radius 1 is 1.04 bits per heavy atom. The Hall–Kier alpha value is -4.25. The van der Waals surface area contributed by atoms with Crippen LogP contribution in [0.4, 0.5) is 0 Å². The van der Waals surface area contributed by atoms with E-state index in [0.29, 0.717) is 29.7 Å². The van der Waals surface area contributed by atoms with Crippen molar-refractivity contribution in [1.82, 2.24) is 35.2 Å². The number of hydroxylamine groups is 2. The normalized spacial score (nSPS) is 23.6. The molecule has 10 nitrogen and oxygen atoms in total. The first-order valence-corrected chi connectivity index (χ1v) is 16.5. The second kappa shape index (κ2) is 11.5. The van der Waals surface area contributed by atoms with Crippen LogP contribution in [0.15, 0.2) is 71.5 Å². The number of rotatable bonds is 8. The van der Waals surface area contributed by atoms with Crippen LogP contribution in [0.1, 0.15) is 75.9 Å². The van der Waals surface area contributed by atoms with E-state index in [1.165, 1.54) is 0 Å². The van der Waals surface area contributed by atoms with Gasteiger partial charge in [-0.3, -0.25) is 14.2 Å². The molecule has 0 bridgehead atoms. The molecule has 3 fully saturated rings. The lowest BCUT2D eigenvalue weighted by Crippen LogP contribution is -2.39. The number of hydrogen-bond acceptors (Lipinski definition) is 8. The number of hydrogen-bond donors (Lipinski definition) is 1. The molecule has 3 aromatic carbocycles. The first-order chi connectivity index (χ1) is 22.4. The summed E-state index contributed by atoms with van der Waals surface area (Å²) in [7, 11) is 0. The molecular weight excluding hydrogens is 578 g/mol. The molecular formula is C36H39N7O3. The Morgan fingerprint density at radius 3 is 2.65 bits per heavy atom. The summed E-state index contributed by atoms with van der Waals surface area (Å²) in [5, 5.41) is 17.4. The van der Waals surface area contributed by atoms with Gasteiger partial charge in [0.25, 0.3) is 5.56 Å². The van der Waals surface area contributed by atoms with E-state index in [2.05, 4.69) is 82.9 Å². The second-order valence-corrected chi connectivity index (χ2v) is 13.5. The third-order valence-corrected chi connectivity index (χ3v) is 10.1. The molecule has 0 amide bonds. The van der Waals surface area contributed by atoms with Crippen LogP contribution in [-0.4, -0.2) is 53.1 Å². The summed E-state index contributed by atoms with van der Waals surface area (Å²) >= 11 is 0. The van der Waals surface area contributed by atoms with Crippen LogP contribution in [0.3, 0.4) is 0 Å². The van der Waals surface area contributed by atoms with Gasteiger partial charge in [-0.05, 0) is 79.1 Å². The number of aryl methyl sites for hydroxylation is 1. The zero-order valence-electron chi connectivity index (χ0n) is 26.5. The maximum Gasteiger partial charge on any atom is 0.261 e. The Morgan fingerprint density at radius 2 is 1.87 bits per heavy atom. The zero-order valence-corrected chi connectivity index (χ0v) is 26.5. The molecule has 5 heterocycles. The number of benzene rings is 3. The summed E-state index contributed by atoms with van der Waals surface area (Å²) in [6, 6.07) is 22.8. The van der Waals surface area contributed by atoms with Crippen LogP contribution in [-0.2, 0) is 22.5 Å². The SMILES string of the molecule is CCCCc1nc2ccc([C@@H]3C[C@H]4C5CCC(C)(C)N5O[C@H]4O3)cc2c(=O)n1Cc1ccc(-c2ccccc2-c2nn[nH]n2)cc1. The van der Waals surface area contributed by atoms with E-state index in [4.69, 9.17) is 14.6 Å². The first kappa shape index (κ1) is 29.2. The molecule has 0 saturated carbocycles. The van der Waals surface area contributed by atoms with Crippen LogP contribution in [0.2, 0.25) is 0 Å². The van der Waals surface area contributed by atoms with Crippen LogP contribution in [0, 0.1) is 5.92 Å². The van der Waals surface area contributed by atoms with E-state index in [0.717, 1.165) is 77.7 Å². The number of nitrogens with one attached hydrogen (secondary N) is 1. The highest BCUT2D eigenvalue weighted by Gasteiger charge is 2.57. The minimum absolute atomic E-state index is 0.0114. The molecule has 4 atom stereocenters. The van der Waals surface area contributed by atoms with Gasteiger partial charge in [0.1, 0.15) is 5.82 Å². The zero-order chi connectivity index (χ0) is 31.4. The lowest BCUT2D eigenvalue weighted by Gasteiger charge is -2.30. The van der Waals surface area contributed by atoms with Crippen molar-refractivity contribution in [3.8, 4) is 22.5 Å². The van der Waals surface area contributed by atoms with Crippen LogP contribution in [0.5, 0.6) is 0 Å². The van der Waals surface area contributed by atoms with Crippen molar-refractivity contribution in [1.29, 1.82) is 0 Å². The average Bonchev–Trinajstić information content (AvgIpc) is 3.86. The standard InChI is InChI=1S/C36H39N7O3/c1-4-5-10-32-37-29-16-15-24(31-20-28-30-17-18-36(2,3)43(30)46-35(28)45-31)19-27(29)34(44)42(32)21-22-11-13-23(14-12-22)25-8-6-7-9-26(25)33-38-40-41-39-33/h6-9,11-16,19,28,30-31,35H,4-5,10,17-18,20-21H2,1-3H3,(H,38,39,40,41)/t28-,30?,31-,35+/m0/s1. The van der Waals surface area contributed by atoms with Crippen molar-refractivity contribution in [2.45, 2.75) is 89.8 Å². The number of unbranched alkanes of at least 4 members (excludes halogenated alkanes) is 1. The molecule has 46 heavy (non-hydrogen) atoms. The molecule has 1 N–H and O–H groups in total. The Bertz CT molecular complexity index is 1940. The topological polar surface area (TPSA) is 111 Å². The van der Waals surface area contributed by atoms with Gasteiger partial charge in [-0.1, -0.05) is 67.9 Å². The minimum atomic E-state index is -0.223. The summed E-state index contributed by atoms with van der Waals surface area (Å²) in [5.74, 6) is 1.72. The summed E-state index contributed by atoms with van der Waals surface area (Å²) in [5.41, 5.74) is 5.79. The molecule has 3 saturated heterocycles. The monoisotopic (exact) mass is 617 g/mol. The molecule has 236 valence electrons. The van der Waals surface area contributed by atoms with Gasteiger partial charge in [0.15, 0.2) is 6.29 Å². The lowest BCUT2D eigenvalue weighted by atomic mass is 9.92. The fourth-order valence-electron chi connectivity index (χ4n) is 7.58. The van der Waals surface area contributed by atoms with Gasteiger partial charge in [0, 0.05) is 29.5 Å². The van der Waals surface area contributed by atoms with Crippen molar-refractivity contribution in [2.24, 2.45) is 5.92 Å². The first-order valence-electron chi connectivity index (χ1n) is 16.5. The molecule has 3 aliphatic rings. The minimum Gasteiger partial charge on any atom is -0.343 e. The van der Waals surface area contributed by atoms with Gasteiger partial charge in [-0.15, -0.1) is 10.2 Å². The van der Waals surface area contributed by atoms with E-state index in [1.54, 1.807) is 0 Å². The fourth-order valence-corrected chi connectivity index (χ4v) is 7.58. The molecule has 10 heteroatoms. The fraction of sp³-hybridized carbons (Fsp3) is 0.417. The number of aromatic amines is 1. The number of fused-ring (bicyclic) bond motifs is 4. The van der Waals surface area contributed by atoms with E-state index in [9.17, 15) is 4.79 Å². The summed E-state index contributed by atoms with van der Waals surface area (Å²) in [6.45, 7) is 7.09. The van der Waals surface area contributed by atoms with Crippen LogP contribution in [0.25, 0.3) is 33.4 Å². The Labute approximate surface area is 267 Å². The van der Waals surface area contributed by atoms with Crippen molar-refractivity contribution < 1.29 is 9.57 Å². The maximum absolute atomic E-state index is 14.2. The summed E-state index contributed by atoms with van der Waals surface area (Å²) < 4.78 is 8.32. The molecule has 5 aromatic rings. The van der Waals surface area contributed by atoms with Crippen LogP contribution >= 0.6 is 0 Å². The largest absolute Gasteiger partial charge is 0.343 e. The third kappa shape index (κ3) is 5.05. The molecule has 1 unspecified atom stereocenters. The van der Waals surface area contributed by atoms with E-state index < -0.39 is 0 Å². The van der Waals surface area contributed by atoms with Crippen molar-refractivity contribution >= 4 is 10.9 Å². The number of ether oxygens (including phenoxy) is 1. The second-order valence-electron chi connectivity index (χ2n) is 13.5. The molecule has 2 aromatic heterocycles. The van der Waals surface area contributed by atoms with Gasteiger partial charge in [0.2, 0.25) is 5.82 Å². The van der Waals surface area contributed by atoms with E-state index in [-0.39, 0.29) is 23.5 Å². The van der Waals surface area contributed by atoms with E-state index in [1.807, 2.05) is 34.9 Å². The smallest absolute Gasteiger partial charge is 0.261 e. The number of H-pyrrole nitrogens is 1. The highest BCUT2D eigenvalue weighted by molar-refractivity contribution is 5.80.